The van der Waals surface area contributed by atoms with Crippen molar-refractivity contribution in [1.29, 1.82) is 0 Å². The standard InChI is InChI=1S/C20H23N7O3S/c1-15-13-18(27-20(23-15)21-14-22-27)24-8-10-25(11-9-24)19(28)16-3-5-17(6-4-16)26-7-2-12-31(26,29)30/h3-6,13-14H,2,7-12H2,1H3. The molecule has 162 valence electrons. The van der Waals surface area contributed by atoms with Crippen LogP contribution in [0, 0.1) is 6.92 Å². The summed E-state index contributed by atoms with van der Waals surface area (Å²) in [6.45, 7) is 4.93. The van der Waals surface area contributed by atoms with Crippen LogP contribution in [0.5, 0.6) is 0 Å². The van der Waals surface area contributed by atoms with Crippen LogP contribution in [0.3, 0.4) is 0 Å². The van der Waals surface area contributed by atoms with Crippen molar-refractivity contribution >= 4 is 33.2 Å². The van der Waals surface area contributed by atoms with Crippen LogP contribution in [0.25, 0.3) is 5.78 Å². The minimum atomic E-state index is -3.22. The number of fused-ring (bicyclic) bond motifs is 1. The number of hydrogen-bond donors (Lipinski definition) is 0. The number of anilines is 2. The van der Waals surface area contributed by atoms with E-state index in [1.165, 1.54) is 10.6 Å². The quantitative estimate of drug-likeness (QED) is 0.596. The number of sulfonamides is 1. The van der Waals surface area contributed by atoms with Gasteiger partial charge < -0.3 is 9.80 Å². The summed E-state index contributed by atoms with van der Waals surface area (Å²) in [6.07, 6.45) is 2.12. The molecule has 2 aliphatic heterocycles. The molecule has 0 aliphatic carbocycles. The highest BCUT2D eigenvalue weighted by atomic mass is 32.2. The van der Waals surface area contributed by atoms with Crippen molar-refractivity contribution in [3.05, 3.63) is 47.9 Å². The molecule has 3 aromatic rings. The lowest BCUT2D eigenvalue weighted by Crippen LogP contribution is -2.49. The van der Waals surface area contributed by atoms with Crippen LogP contribution in [0.1, 0.15) is 22.5 Å². The van der Waals surface area contributed by atoms with Crippen molar-refractivity contribution in [3.63, 3.8) is 0 Å². The summed E-state index contributed by atoms with van der Waals surface area (Å²) >= 11 is 0. The highest BCUT2D eigenvalue weighted by Crippen LogP contribution is 2.25. The van der Waals surface area contributed by atoms with Crippen molar-refractivity contribution in [2.75, 3.05) is 47.7 Å². The van der Waals surface area contributed by atoms with Gasteiger partial charge in [-0.3, -0.25) is 9.10 Å². The van der Waals surface area contributed by atoms with E-state index in [1.807, 2.05) is 17.9 Å². The molecule has 0 N–H and O–H groups in total. The van der Waals surface area contributed by atoms with Crippen molar-refractivity contribution in [1.82, 2.24) is 24.5 Å². The maximum absolute atomic E-state index is 13.0. The Morgan fingerprint density at radius 1 is 1.03 bits per heavy atom. The fraction of sp³-hybridized carbons (Fsp3) is 0.400. The molecule has 2 aromatic heterocycles. The number of aryl methyl sites for hydroxylation is 1. The number of aromatic nitrogens is 4. The number of amides is 1. The average molecular weight is 442 g/mol. The largest absolute Gasteiger partial charge is 0.353 e. The molecule has 2 saturated heterocycles. The number of piperazine rings is 1. The molecule has 0 unspecified atom stereocenters. The van der Waals surface area contributed by atoms with Gasteiger partial charge in [-0.05, 0) is 37.6 Å². The SMILES string of the molecule is Cc1cc(N2CCN(C(=O)c3ccc(N4CCCS4(=O)=O)cc3)CC2)n2ncnc2n1. The van der Waals surface area contributed by atoms with Gasteiger partial charge in [0, 0.05) is 50.0 Å². The Hall–Kier alpha value is -3.21. The molecular weight excluding hydrogens is 418 g/mol. The van der Waals surface area contributed by atoms with Gasteiger partial charge in [0.1, 0.15) is 12.1 Å². The van der Waals surface area contributed by atoms with Gasteiger partial charge in [-0.1, -0.05) is 0 Å². The molecule has 2 fully saturated rings. The monoisotopic (exact) mass is 441 g/mol. The Labute approximate surface area is 180 Å². The Kier molecular flexibility index (Phi) is 4.77. The van der Waals surface area contributed by atoms with E-state index in [0.717, 1.165) is 11.5 Å². The summed E-state index contributed by atoms with van der Waals surface area (Å²) in [6, 6.07) is 8.83. The Bertz CT molecular complexity index is 1230. The molecular formula is C20H23N7O3S. The highest BCUT2D eigenvalue weighted by Gasteiger charge is 2.29. The molecule has 1 aromatic carbocycles. The average Bonchev–Trinajstić information content (AvgIpc) is 3.38. The van der Waals surface area contributed by atoms with Gasteiger partial charge in [-0.2, -0.15) is 14.6 Å². The summed E-state index contributed by atoms with van der Waals surface area (Å²) in [5, 5.41) is 4.26. The number of rotatable bonds is 3. The zero-order valence-electron chi connectivity index (χ0n) is 17.2. The molecule has 5 rings (SSSR count). The predicted octanol–water partition coefficient (Wildman–Crippen LogP) is 0.935. The third-order valence-corrected chi connectivity index (χ3v) is 7.62. The minimum Gasteiger partial charge on any atom is -0.353 e. The van der Waals surface area contributed by atoms with Crippen LogP contribution in [0.4, 0.5) is 11.5 Å². The lowest BCUT2D eigenvalue weighted by Gasteiger charge is -2.36. The van der Waals surface area contributed by atoms with Crippen LogP contribution < -0.4 is 9.21 Å². The van der Waals surface area contributed by atoms with Crippen LogP contribution in [-0.4, -0.2) is 77.3 Å². The second-order valence-electron chi connectivity index (χ2n) is 7.80. The predicted molar refractivity (Wildman–Crippen MR) is 116 cm³/mol. The van der Waals surface area contributed by atoms with Gasteiger partial charge in [0.15, 0.2) is 0 Å². The molecule has 1 amide bonds. The van der Waals surface area contributed by atoms with E-state index in [4.69, 9.17) is 0 Å². The van der Waals surface area contributed by atoms with Crippen molar-refractivity contribution < 1.29 is 13.2 Å². The van der Waals surface area contributed by atoms with Crippen molar-refractivity contribution in [2.45, 2.75) is 13.3 Å². The number of benzene rings is 1. The molecule has 0 radical (unpaired) electrons. The highest BCUT2D eigenvalue weighted by molar-refractivity contribution is 7.93. The van der Waals surface area contributed by atoms with E-state index in [1.54, 1.807) is 28.8 Å². The van der Waals surface area contributed by atoms with Crippen LogP contribution >= 0.6 is 0 Å². The molecule has 10 nitrogen and oxygen atoms in total. The van der Waals surface area contributed by atoms with E-state index in [9.17, 15) is 13.2 Å². The van der Waals surface area contributed by atoms with Crippen molar-refractivity contribution in [2.24, 2.45) is 0 Å². The second-order valence-corrected chi connectivity index (χ2v) is 9.81. The van der Waals surface area contributed by atoms with Crippen LogP contribution in [0.2, 0.25) is 0 Å². The fourth-order valence-corrected chi connectivity index (χ4v) is 5.72. The zero-order chi connectivity index (χ0) is 21.6. The Balaban J connectivity index is 1.27. The van der Waals surface area contributed by atoms with Gasteiger partial charge in [0.25, 0.3) is 11.7 Å². The summed E-state index contributed by atoms with van der Waals surface area (Å²) in [4.78, 5) is 25.5. The third kappa shape index (κ3) is 3.58. The second kappa shape index (κ2) is 7.49. The smallest absolute Gasteiger partial charge is 0.254 e. The van der Waals surface area contributed by atoms with Crippen LogP contribution in [-0.2, 0) is 10.0 Å². The number of hydrogen-bond acceptors (Lipinski definition) is 7. The molecule has 0 atom stereocenters. The first kappa shape index (κ1) is 19.7. The van der Waals surface area contributed by atoms with Crippen molar-refractivity contribution in [3.8, 4) is 0 Å². The number of nitrogens with zero attached hydrogens (tertiary/aromatic N) is 7. The lowest BCUT2D eigenvalue weighted by atomic mass is 10.1. The maximum atomic E-state index is 13.0. The summed E-state index contributed by atoms with van der Waals surface area (Å²) in [7, 11) is -3.22. The van der Waals surface area contributed by atoms with Gasteiger partial charge >= 0.3 is 0 Å². The van der Waals surface area contributed by atoms with Gasteiger partial charge in [-0.25, -0.2) is 13.4 Å². The maximum Gasteiger partial charge on any atom is 0.254 e. The van der Waals surface area contributed by atoms with Gasteiger partial charge in [0.2, 0.25) is 10.0 Å². The van der Waals surface area contributed by atoms with E-state index < -0.39 is 10.0 Å². The van der Waals surface area contributed by atoms with Gasteiger partial charge in [-0.15, -0.1) is 0 Å². The molecule has 11 heteroatoms. The zero-order valence-corrected chi connectivity index (χ0v) is 18.0. The Morgan fingerprint density at radius 3 is 2.45 bits per heavy atom. The first-order chi connectivity index (χ1) is 14.9. The fourth-order valence-electron chi connectivity index (χ4n) is 4.16. The Morgan fingerprint density at radius 2 is 1.77 bits per heavy atom. The summed E-state index contributed by atoms with van der Waals surface area (Å²) in [5.74, 6) is 1.61. The normalized spacial score (nSPS) is 18.7. The molecule has 31 heavy (non-hydrogen) atoms. The number of carbonyl (C=O) groups excluding carboxylic acids is 1. The van der Waals surface area contributed by atoms with E-state index >= 15 is 0 Å². The van der Waals surface area contributed by atoms with Gasteiger partial charge in [0.05, 0.1) is 11.4 Å². The number of carbonyl (C=O) groups is 1. The molecule has 0 spiro atoms. The summed E-state index contributed by atoms with van der Waals surface area (Å²) in [5.41, 5.74) is 2.05. The molecule has 4 heterocycles. The third-order valence-electron chi connectivity index (χ3n) is 5.75. The van der Waals surface area contributed by atoms with E-state index in [2.05, 4.69) is 20.0 Å². The summed E-state index contributed by atoms with van der Waals surface area (Å²) < 4.78 is 27.3. The minimum absolute atomic E-state index is 0.0488. The topological polar surface area (TPSA) is 104 Å². The molecule has 0 bridgehead atoms. The lowest BCUT2D eigenvalue weighted by molar-refractivity contribution is 0.0746. The van der Waals surface area contributed by atoms with E-state index in [-0.39, 0.29) is 11.7 Å². The molecule has 2 aliphatic rings. The van der Waals surface area contributed by atoms with E-state index in [0.29, 0.717) is 56.2 Å². The molecule has 0 saturated carbocycles. The van der Waals surface area contributed by atoms with Crippen LogP contribution in [0.15, 0.2) is 36.7 Å². The first-order valence-corrected chi connectivity index (χ1v) is 11.9. The first-order valence-electron chi connectivity index (χ1n) is 10.2.